The van der Waals surface area contributed by atoms with Gasteiger partial charge < -0.3 is 40.7 Å². The highest BCUT2D eigenvalue weighted by atomic mass is 32.1. The third kappa shape index (κ3) is 14.5. The Morgan fingerprint density at radius 2 is 1.48 bits per heavy atom. The lowest BCUT2D eigenvalue weighted by molar-refractivity contribution is -0.144. The summed E-state index contributed by atoms with van der Waals surface area (Å²) in [6.07, 6.45) is -1.06. The van der Waals surface area contributed by atoms with Gasteiger partial charge in [0.15, 0.2) is 0 Å². The number of likely N-dealkylation sites (tertiary alicyclic amines) is 1. The average molecular weight is 1140 g/mol. The second-order valence-corrected chi connectivity index (χ2v) is 23.3. The number of benzene rings is 3. The zero-order valence-electron chi connectivity index (χ0n) is 46.6. The Hall–Kier alpha value is -7.11. The second-order valence-electron chi connectivity index (χ2n) is 22.4. The zero-order valence-corrected chi connectivity index (χ0v) is 47.4. The van der Waals surface area contributed by atoms with Crippen molar-refractivity contribution in [1.29, 1.82) is 0 Å². The summed E-state index contributed by atoms with van der Waals surface area (Å²) in [5.74, 6) is -3.88. The third-order valence-electron chi connectivity index (χ3n) is 15.4. The molecule has 8 rings (SSSR count). The minimum atomic E-state index is -5.03. The van der Waals surface area contributed by atoms with E-state index in [1.54, 1.807) is 21.7 Å². The van der Waals surface area contributed by atoms with Crippen molar-refractivity contribution in [1.82, 2.24) is 40.3 Å². The van der Waals surface area contributed by atoms with Gasteiger partial charge in [0.2, 0.25) is 29.6 Å². The predicted molar refractivity (Wildman–Crippen MR) is 299 cm³/mol. The molecule has 5 heterocycles. The molecule has 0 aliphatic carbocycles. The summed E-state index contributed by atoms with van der Waals surface area (Å²) < 4.78 is 72.1. The molecule has 3 fully saturated rings. The Morgan fingerprint density at radius 3 is 2.11 bits per heavy atom. The van der Waals surface area contributed by atoms with Gasteiger partial charge in [-0.2, -0.15) is 13.2 Å². The molecule has 5 aromatic rings. The number of aliphatic hydroxyl groups excluding tert-OH is 1. The number of nitrogens with zero attached hydrogens (tertiary/aromatic N) is 8. The zero-order chi connectivity index (χ0) is 58.5. The largest absolute Gasteiger partial charge is 0.417 e. The monoisotopic (exact) mass is 1140 g/mol. The SMILES string of the molecule is Cc1ncsc1-c1ccc(CNC(=O)[C@@H]2C[C@@H](O)CN2C(=O)[C@@H](NC(=O)CCCCCC(=O)N2CCN(c3ncc(-c4cc(NC(=O)c5ccc(F)cc5C(F)(F)F)c(N5C[C@@H](C)N(C)[C@@H](C)C5)cc4F)cn3)CC2)C(C)(C)C)cc1. The van der Waals surface area contributed by atoms with E-state index in [0.29, 0.717) is 64.5 Å². The van der Waals surface area contributed by atoms with E-state index in [-0.39, 0.29) is 84.8 Å². The van der Waals surface area contributed by atoms with E-state index in [9.17, 15) is 46.6 Å². The fraction of sp³-hybridized carbons (Fsp3) is 0.483. The van der Waals surface area contributed by atoms with Crippen LogP contribution in [0.2, 0.25) is 0 Å². The van der Waals surface area contributed by atoms with Gasteiger partial charge in [-0.1, -0.05) is 51.5 Å². The highest BCUT2D eigenvalue weighted by molar-refractivity contribution is 7.13. The van der Waals surface area contributed by atoms with Crippen LogP contribution in [-0.4, -0.2) is 147 Å². The van der Waals surface area contributed by atoms with Gasteiger partial charge in [0.25, 0.3) is 5.91 Å². The quantitative estimate of drug-likeness (QED) is 0.0517. The summed E-state index contributed by atoms with van der Waals surface area (Å²) in [6, 6.07) is 10.3. The Kier molecular flexibility index (Phi) is 18.8. The predicted octanol–water partition coefficient (Wildman–Crippen LogP) is 8.06. The minimum Gasteiger partial charge on any atom is -0.391 e. The molecule has 5 atom stereocenters. The van der Waals surface area contributed by atoms with Crippen molar-refractivity contribution in [3.63, 3.8) is 0 Å². The van der Waals surface area contributed by atoms with Crippen LogP contribution in [0.1, 0.15) is 100 Å². The number of carbonyl (C=O) groups excluding carboxylic acids is 5. The Bertz CT molecular complexity index is 3060. The van der Waals surface area contributed by atoms with Crippen LogP contribution in [0.25, 0.3) is 21.6 Å². The summed E-state index contributed by atoms with van der Waals surface area (Å²) in [6.45, 7) is 14.1. The first-order valence-corrected chi connectivity index (χ1v) is 28.1. The molecule has 3 aliphatic heterocycles. The van der Waals surface area contributed by atoms with E-state index >= 15 is 4.39 Å². The van der Waals surface area contributed by atoms with Crippen molar-refractivity contribution in [2.75, 3.05) is 68.0 Å². The first kappa shape index (κ1) is 60.0. The topological polar surface area (TPSA) is 197 Å². The van der Waals surface area contributed by atoms with Crippen LogP contribution < -0.4 is 25.8 Å². The number of aliphatic hydroxyl groups is 1. The maximum Gasteiger partial charge on any atom is 0.417 e. The van der Waals surface area contributed by atoms with Crippen LogP contribution in [0.5, 0.6) is 0 Å². The maximum atomic E-state index is 16.2. The lowest BCUT2D eigenvalue weighted by atomic mass is 9.85. The maximum absolute atomic E-state index is 16.2. The van der Waals surface area contributed by atoms with E-state index < -0.39 is 70.3 Å². The van der Waals surface area contributed by atoms with Gasteiger partial charge in [-0.05, 0) is 87.5 Å². The van der Waals surface area contributed by atoms with Crippen LogP contribution >= 0.6 is 11.3 Å². The van der Waals surface area contributed by atoms with Gasteiger partial charge in [0.1, 0.15) is 23.7 Å². The minimum absolute atomic E-state index is 0.0149. The number of rotatable bonds is 17. The van der Waals surface area contributed by atoms with Crippen LogP contribution in [-0.2, 0) is 31.9 Å². The number of β-amino-alcohol motifs (C(OH)–C–C–N with tert-alkyl or cyclic N) is 1. The smallest absolute Gasteiger partial charge is 0.391 e. The highest BCUT2D eigenvalue weighted by Crippen LogP contribution is 2.38. The molecule has 0 spiro atoms. The van der Waals surface area contributed by atoms with Gasteiger partial charge >= 0.3 is 6.18 Å². The first-order valence-electron chi connectivity index (χ1n) is 27.2. The fourth-order valence-electron chi connectivity index (χ4n) is 10.6. The Morgan fingerprint density at radius 1 is 0.815 bits per heavy atom. The lowest BCUT2D eigenvalue weighted by Crippen LogP contribution is -2.57. The molecule has 0 saturated carbocycles. The molecule has 81 heavy (non-hydrogen) atoms. The second kappa shape index (κ2) is 25.4. The average Bonchev–Trinajstić information content (AvgIpc) is 4.09. The molecule has 3 aliphatic rings. The van der Waals surface area contributed by atoms with Gasteiger partial charge in [-0.15, -0.1) is 11.3 Å². The Balaban J connectivity index is 0.806. The normalized spacial score (nSPS) is 19.4. The van der Waals surface area contributed by atoms with Crippen molar-refractivity contribution >= 4 is 58.2 Å². The summed E-state index contributed by atoms with van der Waals surface area (Å²) in [5.41, 5.74) is 2.20. The molecule has 3 saturated heterocycles. The van der Waals surface area contributed by atoms with Crippen LogP contribution in [0, 0.1) is 24.0 Å². The molecular formula is C58H70F5N11O6S. The van der Waals surface area contributed by atoms with Crippen LogP contribution in [0.4, 0.5) is 39.3 Å². The molecule has 0 bridgehead atoms. The number of amides is 5. The number of hydrogen-bond acceptors (Lipinski definition) is 13. The van der Waals surface area contributed by atoms with E-state index in [1.165, 1.54) is 29.4 Å². The number of alkyl halides is 3. The number of nitrogens with one attached hydrogen (secondary N) is 3. The van der Waals surface area contributed by atoms with E-state index in [2.05, 4.69) is 35.8 Å². The molecule has 434 valence electrons. The standard InChI is InChI=1S/C58H70F5N11O6S/c1-34-30-73(31-35(2)70(34)7)47-26-45(60)43(25-46(47)68-53(78)42-18-17-40(59)23-44(42)58(61,62)63)39-28-65-56(66-29-39)72-21-19-71(20-22-72)50(77)12-10-8-9-11-49(76)69-52(57(4,5)6)55(80)74-32-41(75)24-48(74)54(79)64-27-37-13-15-38(16-14-37)51-36(3)67-33-81-51/h13-18,23,25-26,28-29,33-35,41,48,52,75H,8-12,19-22,24,27,30-32H2,1-7H3,(H,64,79)(H,68,78)(H,69,76)/t34-,35+,41-,48+,52-/m1/s1. The lowest BCUT2D eigenvalue weighted by Gasteiger charge is -2.44. The van der Waals surface area contributed by atoms with Gasteiger partial charge in [-0.25, -0.2) is 23.7 Å². The number of halogens is 5. The molecule has 23 heteroatoms. The number of piperazine rings is 2. The number of unbranched alkanes of at least 4 members (excludes halogenated alkanes) is 2. The first-order chi connectivity index (χ1) is 38.4. The molecule has 4 N–H and O–H groups in total. The summed E-state index contributed by atoms with van der Waals surface area (Å²) >= 11 is 1.55. The highest BCUT2D eigenvalue weighted by Gasteiger charge is 2.45. The number of likely N-dealkylation sites (N-methyl/N-ethyl adjacent to an activating group) is 1. The van der Waals surface area contributed by atoms with Gasteiger partial charge in [0.05, 0.1) is 44.7 Å². The van der Waals surface area contributed by atoms with Crippen molar-refractivity contribution in [3.8, 4) is 21.6 Å². The number of thiazole rings is 1. The third-order valence-corrected chi connectivity index (χ3v) is 16.4. The van der Waals surface area contributed by atoms with Crippen molar-refractivity contribution in [2.24, 2.45) is 5.41 Å². The number of carbonyl (C=O) groups is 5. The Labute approximate surface area is 472 Å². The summed E-state index contributed by atoms with van der Waals surface area (Å²) in [5, 5.41) is 19.0. The summed E-state index contributed by atoms with van der Waals surface area (Å²) in [4.78, 5) is 91.2. The molecular weight excluding hydrogens is 1070 g/mol. The number of aryl methyl sites for hydroxylation is 1. The summed E-state index contributed by atoms with van der Waals surface area (Å²) in [7, 11) is 1.96. The number of hydrogen-bond donors (Lipinski definition) is 4. The van der Waals surface area contributed by atoms with Crippen molar-refractivity contribution < 1.29 is 51.0 Å². The van der Waals surface area contributed by atoms with Gasteiger partial charge in [0, 0.05) is 107 Å². The molecule has 0 radical (unpaired) electrons. The van der Waals surface area contributed by atoms with E-state index in [4.69, 9.17) is 0 Å². The van der Waals surface area contributed by atoms with Crippen molar-refractivity contribution in [2.45, 2.75) is 123 Å². The number of aromatic nitrogens is 3. The molecule has 5 amide bonds. The number of anilines is 3. The van der Waals surface area contributed by atoms with E-state index in [0.717, 1.165) is 33.8 Å². The van der Waals surface area contributed by atoms with E-state index in [1.807, 2.05) is 82.7 Å². The van der Waals surface area contributed by atoms with Crippen LogP contribution in [0.15, 0.2) is 72.5 Å². The van der Waals surface area contributed by atoms with Crippen molar-refractivity contribution in [3.05, 3.63) is 107 Å². The van der Waals surface area contributed by atoms with Gasteiger partial charge in [-0.3, -0.25) is 28.9 Å². The van der Waals surface area contributed by atoms with Crippen LogP contribution in [0.3, 0.4) is 0 Å². The molecule has 0 unspecified atom stereocenters. The molecule has 3 aromatic carbocycles. The fourth-order valence-corrected chi connectivity index (χ4v) is 11.4. The molecule has 17 nitrogen and oxygen atoms in total. The molecule has 2 aromatic heterocycles.